The summed E-state index contributed by atoms with van der Waals surface area (Å²) in [4.78, 5) is -0.858. The molecule has 0 bridgehead atoms. The Balaban J connectivity index is 2.80. The predicted octanol–water partition coefficient (Wildman–Crippen LogP) is 1.29. The molecule has 1 unspecified atom stereocenters. The number of alkyl halides is 1. The van der Waals surface area contributed by atoms with Crippen LogP contribution in [0, 0.1) is 11.3 Å². The molecule has 1 rings (SSSR count). The smallest absolute Gasteiger partial charge is 0.152 e. The number of nitrogens with zero attached hydrogens (tertiary/aromatic N) is 1. The van der Waals surface area contributed by atoms with Crippen molar-refractivity contribution in [1.29, 1.82) is 5.26 Å². The lowest BCUT2D eigenvalue weighted by atomic mass is 10.0. The summed E-state index contributed by atoms with van der Waals surface area (Å²) in [5.41, 5.74) is 6.09. The molecule has 0 radical (unpaired) electrons. The SMILES string of the molecule is N#CC1(Cl)C=CC(N)=CC1. The van der Waals surface area contributed by atoms with Crippen LogP contribution in [0.15, 0.2) is 23.9 Å². The highest BCUT2D eigenvalue weighted by Crippen LogP contribution is 2.25. The number of nitrogens with two attached hydrogens (primary N) is 1. The van der Waals surface area contributed by atoms with Crippen molar-refractivity contribution in [3.05, 3.63) is 23.9 Å². The summed E-state index contributed by atoms with van der Waals surface area (Å²) in [6.07, 6.45) is 5.51. The van der Waals surface area contributed by atoms with Crippen molar-refractivity contribution >= 4 is 11.6 Å². The molecule has 0 amide bonds. The normalized spacial score (nSPS) is 31.0. The zero-order valence-corrected chi connectivity index (χ0v) is 6.10. The van der Waals surface area contributed by atoms with Gasteiger partial charge in [-0.2, -0.15) is 5.26 Å². The molecule has 1 aliphatic carbocycles. The number of hydrogen-bond donors (Lipinski definition) is 1. The monoisotopic (exact) mass is 154 g/mol. The number of rotatable bonds is 0. The summed E-state index contributed by atoms with van der Waals surface area (Å²) < 4.78 is 0. The third-order valence-corrected chi connectivity index (χ3v) is 1.73. The van der Waals surface area contributed by atoms with Crippen LogP contribution in [0.5, 0.6) is 0 Å². The van der Waals surface area contributed by atoms with Crippen molar-refractivity contribution in [3.63, 3.8) is 0 Å². The van der Waals surface area contributed by atoms with E-state index in [9.17, 15) is 0 Å². The Kier molecular flexibility index (Phi) is 1.69. The van der Waals surface area contributed by atoms with Gasteiger partial charge in [0.2, 0.25) is 0 Å². The summed E-state index contributed by atoms with van der Waals surface area (Å²) in [5.74, 6) is 0. The molecule has 0 saturated heterocycles. The van der Waals surface area contributed by atoms with E-state index in [0.717, 1.165) is 0 Å². The van der Waals surface area contributed by atoms with Gasteiger partial charge < -0.3 is 5.73 Å². The summed E-state index contributed by atoms with van der Waals surface area (Å²) in [7, 11) is 0. The molecule has 2 nitrogen and oxygen atoms in total. The van der Waals surface area contributed by atoms with E-state index in [1.807, 2.05) is 6.07 Å². The van der Waals surface area contributed by atoms with Gasteiger partial charge in [-0.15, -0.1) is 0 Å². The van der Waals surface area contributed by atoms with Crippen molar-refractivity contribution in [2.45, 2.75) is 11.3 Å². The standard InChI is InChI=1S/C7H7ClN2/c8-7(5-9)3-1-6(10)2-4-7/h1-3H,4,10H2. The Labute approximate surface area is 64.6 Å². The molecule has 0 fully saturated rings. The molecule has 0 heterocycles. The third kappa shape index (κ3) is 1.31. The average Bonchev–Trinajstić information content (AvgIpc) is 1.96. The summed E-state index contributed by atoms with van der Waals surface area (Å²) >= 11 is 5.78. The van der Waals surface area contributed by atoms with Crippen LogP contribution in [0.1, 0.15) is 6.42 Å². The van der Waals surface area contributed by atoms with Crippen LogP contribution in [0.25, 0.3) is 0 Å². The third-order valence-electron chi connectivity index (χ3n) is 1.36. The van der Waals surface area contributed by atoms with Gasteiger partial charge in [-0.1, -0.05) is 17.7 Å². The van der Waals surface area contributed by atoms with Gasteiger partial charge >= 0.3 is 0 Å². The lowest BCUT2D eigenvalue weighted by Crippen LogP contribution is -2.17. The van der Waals surface area contributed by atoms with Crippen molar-refractivity contribution in [3.8, 4) is 6.07 Å². The second-order valence-corrected chi connectivity index (χ2v) is 2.89. The highest BCUT2D eigenvalue weighted by atomic mass is 35.5. The second-order valence-electron chi connectivity index (χ2n) is 2.22. The average molecular weight is 155 g/mol. The molecule has 10 heavy (non-hydrogen) atoms. The first-order valence-corrected chi connectivity index (χ1v) is 3.29. The maximum Gasteiger partial charge on any atom is 0.152 e. The van der Waals surface area contributed by atoms with Gasteiger partial charge in [0.1, 0.15) is 0 Å². The molecule has 3 heteroatoms. The number of allylic oxidation sites excluding steroid dienone is 3. The van der Waals surface area contributed by atoms with Crippen LogP contribution < -0.4 is 5.73 Å². The van der Waals surface area contributed by atoms with Crippen LogP contribution in [-0.4, -0.2) is 4.87 Å². The molecule has 0 aromatic heterocycles. The van der Waals surface area contributed by atoms with Crippen LogP contribution >= 0.6 is 11.6 Å². The molecule has 2 N–H and O–H groups in total. The van der Waals surface area contributed by atoms with E-state index in [1.54, 1.807) is 18.2 Å². The van der Waals surface area contributed by atoms with Crippen molar-refractivity contribution in [2.24, 2.45) is 5.73 Å². The van der Waals surface area contributed by atoms with Gasteiger partial charge in [-0.25, -0.2) is 0 Å². The van der Waals surface area contributed by atoms with Crippen molar-refractivity contribution in [2.75, 3.05) is 0 Å². The molecule has 0 saturated carbocycles. The lowest BCUT2D eigenvalue weighted by molar-refractivity contribution is 0.868. The topological polar surface area (TPSA) is 49.8 Å². The van der Waals surface area contributed by atoms with Gasteiger partial charge in [0.05, 0.1) is 6.07 Å². The second kappa shape index (κ2) is 2.36. The summed E-state index contributed by atoms with van der Waals surface area (Å²) in [6, 6.07) is 1.98. The maximum atomic E-state index is 8.53. The van der Waals surface area contributed by atoms with Gasteiger partial charge in [-0.3, -0.25) is 0 Å². The fourth-order valence-corrected chi connectivity index (χ4v) is 0.854. The molecule has 0 aromatic carbocycles. The fraction of sp³-hybridized carbons (Fsp3) is 0.286. The van der Waals surface area contributed by atoms with Crippen LogP contribution in [-0.2, 0) is 0 Å². The van der Waals surface area contributed by atoms with E-state index in [1.165, 1.54) is 0 Å². The summed E-state index contributed by atoms with van der Waals surface area (Å²) in [6.45, 7) is 0. The zero-order chi connectivity index (χ0) is 7.61. The molecular formula is C7H7ClN2. The minimum absolute atomic E-state index is 0.493. The number of halogens is 1. The van der Waals surface area contributed by atoms with Crippen LogP contribution in [0.3, 0.4) is 0 Å². The van der Waals surface area contributed by atoms with Gasteiger partial charge in [0.25, 0.3) is 0 Å². The lowest BCUT2D eigenvalue weighted by Gasteiger charge is -2.15. The van der Waals surface area contributed by atoms with Gasteiger partial charge in [-0.05, 0) is 12.2 Å². The van der Waals surface area contributed by atoms with Crippen LogP contribution in [0.4, 0.5) is 0 Å². The molecule has 0 aliphatic heterocycles. The fourth-order valence-electron chi connectivity index (χ4n) is 0.714. The number of nitriles is 1. The van der Waals surface area contributed by atoms with Gasteiger partial charge in [0.15, 0.2) is 4.87 Å². The first kappa shape index (κ1) is 7.17. The largest absolute Gasteiger partial charge is 0.399 e. The van der Waals surface area contributed by atoms with E-state index in [2.05, 4.69) is 0 Å². The highest BCUT2D eigenvalue weighted by molar-refractivity contribution is 6.27. The molecule has 52 valence electrons. The van der Waals surface area contributed by atoms with E-state index in [-0.39, 0.29) is 0 Å². The minimum Gasteiger partial charge on any atom is -0.399 e. The zero-order valence-electron chi connectivity index (χ0n) is 5.34. The minimum atomic E-state index is -0.858. The Hall–Kier alpha value is -0.940. The Morgan fingerprint density at radius 2 is 2.50 bits per heavy atom. The Morgan fingerprint density at radius 3 is 2.90 bits per heavy atom. The van der Waals surface area contributed by atoms with E-state index in [4.69, 9.17) is 22.6 Å². The number of hydrogen-bond acceptors (Lipinski definition) is 2. The van der Waals surface area contributed by atoms with Crippen molar-refractivity contribution in [1.82, 2.24) is 0 Å². The Bertz CT molecular complexity index is 236. The summed E-state index contributed by atoms with van der Waals surface area (Å²) in [5, 5.41) is 8.53. The Morgan fingerprint density at radius 1 is 1.80 bits per heavy atom. The van der Waals surface area contributed by atoms with E-state index in [0.29, 0.717) is 12.1 Å². The van der Waals surface area contributed by atoms with Crippen LogP contribution in [0.2, 0.25) is 0 Å². The van der Waals surface area contributed by atoms with Crippen molar-refractivity contribution < 1.29 is 0 Å². The van der Waals surface area contributed by atoms with E-state index < -0.39 is 4.87 Å². The molecular weight excluding hydrogens is 148 g/mol. The molecule has 1 aliphatic rings. The first-order chi connectivity index (χ1) is 4.66. The molecule has 1 atom stereocenters. The predicted molar refractivity (Wildman–Crippen MR) is 40.2 cm³/mol. The molecule has 0 spiro atoms. The van der Waals surface area contributed by atoms with E-state index >= 15 is 0 Å². The molecule has 0 aromatic rings. The quantitative estimate of drug-likeness (QED) is 0.535. The van der Waals surface area contributed by atoms with Gasteiger partial charge in [0, 0.05) is 12.1 Å². The highest BCUT2D eigenvalue weighted by Gasteiger charge is 2.23. The maximum absolute atomic E-state index is 8.53. The first-order valence-electron chi connectivity index (χ1n) is 2.91.